The van der Waals surface area contributed by atoms with E-state index in [1.54, 1.807) is 0 Å². The summed E-state index contributed by atoms with van der Waals surface area (Å²) in [5, 5.41) is 8.98. The highest BCUT2D eigenvalue weighted by Gasteiger charge is 2.17. The number of morpholine rings is 1. The molecule has 1 fully saturated rings. The Morgan fingerprint density at radius 2 is 2.05 bits per heavy atom. The lowest BCUT2D eigenvalue weighted by Crippen LogP contribution is -2.41. The topological polar surface area (TPSA) is 78.9 Å². The van der Waals surface area contributed by atoms with Gasteiger partial charge in [-0.15, -0.1) is 0 Å². The highest BCUT2D eigenvalue weighted by molar-refractivity contribution is 7.89. The first-order chi connectivity index (χ1) is 10.0. The second-order valence-corrected chi connectivity index (χ2v) is 6.53. The van der Waals surface area contributed by atoms with Crippen LogP contribution in [0.3, 0.4) is 0 Å². The van der Waals surface area contributed by atoms with Crippen molar-refractivity contribution in [1.82, 2.24) is 9.62 Å². The molecule has 0 radical (unpaired) electrons. The summed E-state index contributed by atoms with van der Waals surface area (Å²) in [4.78, 5) is 2.06. The minimum Gasteiger partial charge on any atom is -0.392 e. The van der Waals surface area contributed by atoms with Gasteiger partial charge in [0.15, 0.2) is 0 Å². The van der Waals surface area contributed by atoms with Crippen LogP contribution in [0.4, 0.5) is 4.39 Å². The van der Waals surface area contributed by atoms with Gasteiger partial charge in [0.2, 0.25) is 10.0 Å². The van der Waals surface area contributed by atoms with Crippen LogP contribution in [0.15, 0.2) is 23.1 Å². The molecule has 0 atom stereocenters. The number of aliphatic hydroxyl groups excluding tert-OH is 1. The minimum atomic E-state index is -3.70. The van der Waals surface area contributed by atoms with Gasteiger partial charge in [-0.25, -0.2) is 17.5 Å². The monoisotopic (exact) mass is 318 g/mol. The van der Waals surface area contributed by atoms with Crippen molar-refractivity contribution in [2.75, 3.05) is 39.4 Å². The molecule has 8 heteroatoms. The van der Waals surface area contributed by atoms with Crippen LogP contribution in [-0.2, 0) is 21.4 Å². The van der Waals surface area contributed by atoms with Crippen LogP contribution >= 0.6 is 0 Å². The molecule has 1 aromatic rings. The Bertz CT molecular complexity index is 574. The number of rotatable bonds is 6. The van der Waals surface area contributed by atoms with E-state index in [0.717, 1.165) is 25.2 Å². The van der Waals surface area contributed by atoms with Gasteiger partial charge in [0, 0.05) is 31.7 Å². The van der Waals surface area contributed by atoms with E-state index in [9.17, 15) is 12.8 Å². The predicted molar refractivity (Wildman–Crippen MR) is 74.8 cm³/mol. The fraction of sp³-hybridized carbons (Fsp3) is 0.538. The molecule has 0 spiro atoms. The largest absolute Gasteiger partial charge is 0.392 e. The molecule has 2 N–H and O–H groups in total. The Labute approximate surface area is 123 Å². The highest BCUT2D eigenvalue weighted by Crippen LogP contribution is 2.15. The van der Waals surface area contributed by atoms with Crippen molar-refractivity contribution < 1.29 is 22.7 Å². The molecule has 1 heterocycles. The molecule has 0 amide bonds. The number of nitrogens with zero attached hydrogens (tertiary/aromatic N) is 1. The van der Waals surface area contributed by atoms with E-state index in [0.29, 0.717) is 19.8 Å². The molecule has 1 saturated heterocycles. The van der Waals surface area contributed by atoms with E-state index in [4.69, 9.17) is 9.84 Å². The van der Waals surface area contributed by atoms with E-state index >= 15 is 0 Å². The van der Waals surface area contributed by atoms with Crippen molar-refractivity contribution in [3.63, 3.8) is 0 Å². The zero-order valence-electron chi connectivity index (χ0n) is 11.6. The second-order valence-electron chi connectivity index (χ2n) is 4.76. The number of ether oxygens (including phenoxy) is 1. The fourth-order valence-corrected chi connectivity index (χ4v) is 3.16. The summed E-state index contributed by atoms with van der Waals surface area (Å²) in [6.45, 7) is 3.21. The Kier molecular flexibility index (Phi) is 5.65. The maximum Gasteiger partial charge on any atom is 0.240 e. The zero-order chi connectivity index (χ0) is 15.3. The molecule has 0 aliphatic carbocycles. The summed E-state index contributed by atoms with van der Waals surface area (Å²) in [6, 6.07) is 3.38. The average Bonchev–Trinajstić information content (AvgIpc) is 2.48. The normalized spacial score (nSPS) is 17.0. The molecular formula is C13H19FN2O4S. The van der Waals surface area contributed by atoms with Crippen LogP contribution in [0, 0.1) is 5.82 Å². The van der Waals surface area contributed by atoms with E-state index in [1.807, 2.05) is 0 Å². The van der Waals surface area contributed by atoms with Crippen LogP contribution in [-0.4, -0.2) is 57.8 Å². The van der Waals surface area contributed by atoms with Gasteiger partial charge in [-0.1, -0.05) is 0 Å². The SMILES string of the molecule is O=S(=O)(NCCN1CCOCC1)c1ccc(F)c(CO)c1. The van der Waals surface area contributed by atoms with Gasteiger partial charge in [-0.3, -0.25) is 4.90 Å². The van der Waals surface area contributed by atoms with Gasteiger partial charge in [-0.2, -0.15) is 0 Å². The van der Waals surface area contributed by atoms with Crippen molar-refractivity contribution in [3.05, 3.63) is 29.6 Å². The number of hydrogen-bond acceptors (Lipinski definition) is 5. The van der Waals surface area contributed by atoms with Gasteiger partial charge in [-0.05, 0) is 18.2 Å². The summed E-state index contributed by atoms with van der Waals surface area (Å²) >= 11 is 0. The van der Waals surface area contributed by atoms with Crippen LogP contribution < -0.4 is 4.72 Å². The second kappa shape index (κ2) is 7.28. The summed E-state index contributed by atoms with van der Waals surface area (Å²) in [5.41, 5.74) is -0.0361. The Morgan fingerprint density at radius 3 is 2.71 bits per heavy atom. The van der Waals surface area contributed by atoms with Gasteiger partial charge >= 0.3 is 0 Å². The molecule has 2 rings (SSSR count). The van der Waals surface area contributed by atoms with Gasteiger partial charge in [0.25, 0.3) is 0 Å². The van der Waals surface area contributed by atoms with E-state index < -0.39 is 22.4 Å². The number of halogens is 1. The first-order valence-electron chi connectivity index (χ1n) is 6.72. The molecular weight excluding hydrogens is 299 g/mol. The molecule has 0 unspecified atom stereocenters. The lowest BCUT2D eigenvalue weighted by atomic mass is 10.2. The first kappa shape index (κ1) is 16.3. The summed E-state index contributed by atoms with van der Waals surface area (Å²) < 4.78 is 45.1. The number of aliphatic hydroxyl groups is 1. The summed E-state index contributed by atoms with van der Waals surface area (Å²) in [7, 11) is -3.70. The van der Waals surface area contributed by atoms with Crippen molar-refractivity contribution >= 4 is 10.0 Å². The number of benzene rings is 1. The number of nitrogens with one attached hydrogen (secondary N) is 1. The van der Waals surface area contributed by atoms with Crippen LogP contribution in [0.25, 0.3) is 0 Å². The highest BCUT2D eigenvalue weighted by atomic mass is 32.2. The van der Waals surface area contributed by atoms with E-state index in [1.165, 1.54) is 6.07 Å². The van der Waals surface area contributed by atoms with Crippen molar-refractivity contribution in [1.29, 1.82) is 0 Å². The molecule has 1 aliphatic rings. The maximum atomic E-state index is 13.3. The average molecular weight is 318 g/mol. The minimum absolute atomic E-state index is 0.0361. The van der Waals surface area contributed by atoms with Gasteiger partial charge in [0.1, 0.15) is 5.82 Å². The smallest absolute Gasteiger partial charge is 0.240 e. The Balaban J connectivity index is 1.94. The predicted octanol–water partition coefficient (Wildman–Crippen LogP) is -0.0715. The fourth-order valence-electron chi connectivity index (χ4n) is 2.09. The van der Waals surface area contributed by atoms with Crippen LogP contribution in [0.5, 0.6) is 0 Å². The van der Waals surface area contributed by atoms with Crippen molar-refractivity contribution in [2.45, 2.75) is 11.5 Å². The third-order valence-corrected chi connectivity index (χ3v) is 4.78. The van der Waals surface area contributed by atoms with E-state index in [2.05, 4.69) is 9.62 Å². The third-order valence-electron chi connectivity index (χ3n) is 3.32. The summed E-state index contributed by atoms with van der Waals surface area (Å²) in [6.07, 6.45) is 0. The third kappa shape index (κ3) is 4.45. The number of sulfonamides is 1. The molecule has 0 aromatic heterocycles. The van der Waals surface area contributed by atoms with Crippen molar-refractivity contribution in [3.8, 4) is 0 Å². The molecule has 1 aromatic carbocycles. The van der Waals surface area contributed by atoms with E-state index in [-0.39, 0.29) is 17.0 Å². The molecule has 118 valence electrons. The number of hydrogen-bond donors (Lipinski definition) is 2. The van der Waals surface area contributed by atoms with Crippen molar-refractivity contribution in [2.24, 2.45) is 0 Å². The standard InChI is InChI=1S/C13H19FN2O4S/c14-13-2-1-12(9-11(13)10-17)21(18,19)15-3-4-16-5-7-20-8-6-16/h1-2,9,15,17H,3-8,10H2. The quantitative estimate of drug-likeness (QED) is 0.767. The van der Waals surface area contributed by atoms with Crippen LogP contribution in [0.1, 0.15) is 5.56 Å². The molecule has 0 saturated carbocycles. The molecule has 1 aliphatic heterocycles. The first-order valence-corrected chi connectivity index (χ1v) is 8.20. The summed E-state index contributed by atoms with van der Waals surface area (Å²) in [5.74, 6) is -0.621. The molecule has 6 nitrogen and oxygen atoms in total. The molecule has 0 bridgehead atoms. The van der Waals surface area contributed by atoms with Gasteiger partial charge in [0.05, 0.1) is 24.7 Å². The Morgan fingerprint density at radius 1 is 1.33 bits per heavy atom. The lowest BCUT2D eigenvalue weighted by Gasteiger charge is -2.26. The van der Waals surface area contributed by atoms with Crippen LogP contribution in [0.2, 0.25) is 0 Å². The molecule has 21 heavy (non-hydrogen) atoms. The maximum absolute atomic E-state index is 13.3. The lowest BCUT2D eigenvalue weighted by molar-refractivity contribution is 0.0390. The Hall–Kier alpha value is -1.06. The zero-order valence-corrected chi connectivity index (χ0v) is 12.4. The van der Waals surface area contributed by atoms with Gasteiger partial charge < -0.3 is 9.84 Å².